The molecule has 0 N–H and O–H groups in total. The van der Waals surface area contributed by atoms with Crippen LogP contribution in [-0.4, -0.2) is 24.6 Å². The number of hydrogen-bond donors (Lipinski definition) is 0. The number of benzene rings is 1. The van der Waals surface area contributed by atoms with E-state index in [0.29, 0.717) is 17.9 Å². The molecule has 26 heavy (non-hydrogen) atoms. The highest BCUT2D eigenvalue weighted by atomic mass is 16.5. The van der Waals surface area contributed by atoms with E-state index in [2.05, 4.69) is 6.92 Å². The van der Waals surface area contributed by atoms with Crippen LogP contribution in [0.25, 0.3) is 0 Å². The first-order valence-electron chi connectivity index (χ1n) is 9.65. The number of carbonyl (C=O) groups excluding carboxylic acids is 3. The van der Waals surface area contributed by atoms with Crippen molar-refractivity contribution in [2.75, 3.05) is 6.61 Å². The average molecular weight is 358 g/mol. The molecule has 1 fully saturated rings. The van der Waals surface area contributed by atoms with Gasteiger partial charge in [-0.15, -0.1) is 0 Å². The average Bonchev–Trinajstić information content (AvgIpc) is 2.76. The van der Waals surface area contributed by atoms with E-state index >= 15 is 0 Å². The second kappa shape index (κ2) is 9.65. The summed E-state index contributed by atoms with van der Waals surface area (Å²) in [5.41, 5.74) is 0.530. The van der Waals surface area contributed by atoms with Gasteiger partial charge in [0.15, 0.2) is 0 Å². The quantitative estimate of drug-likeness (QED) is 0.414. The number of rotatable bonds is 7. The van der Waals surface area contributed by atoms with Crippen LogP contribution in [0.3, 0.4) is 0 Å². The first-order valence-corrected chi connectivity index (χ1v) is 9.65. The summed E-state index contributed by atoms with van der Waals surface area (Å²) in [6, 6.07) is 8.92. The van der Waals surface area contributed by atoms with Gasteiger partial charge in [-0.2, -0.15) is 0 Å². The van der Waals surface area contributed by atoms with Gasteiger partial charge in [-0.3, -0.25) is 4.79 Å². The van der Waals surface area contributed by atoms with Gasteiger partial charge in [-0.05, 0) is 43.2 Å². The van der Waals surface area contributed by atoms with E-state index < -0.39 is 0 Å². The minimum Gasteiger partial charge on any atom is -0.462 e. The van der Waals surface area contributed by atoms with Crippen LogP contribution in [0.4, 0.5) is 0 Å². The molecule has 0 spiro atoms. The first-order chi connectivity index (χ1) is 12.5. The van der Waals surface area contributed by atoms with E-state index in [0.717, 1.165) is 25.5 Å². The highest BCUT2D eigenvalue weighted by Gasteiger charge is 2.38. The smallest absolute Gasteiger partial charge is 0.338 e. The molecule has 0 aliphatic heterocycles. The number of hydrogen-bond acceptors (Lipinski definition) is 4. The third kappa shape index (κ3) is 5.03. The highest BCUT2D eigenvalue weighted by Crippen LogP contribution is 2.38. The Labute approximate surface area is 156 Å². The van der Waals surface area contributed by atoms with Crippen molar-refractivity contribution in [3.8, 4) is 0 Å². The molecular formula is C22H30O4. The molecule has 0 bridgehead atoms. The van der Waals surface area contributed by atoms with Crippen LogP contribution in [0.2, 0.25) is 0 Å². The summed E-state index contributed by atoms with van der Waals surface area (Å²) < 4.78 is 5.45. The molecule has 0 heterocycles. The topological polar surface area (TPSA) is 60.4 Å². The van der Waals surface area contributed by atoms with Gasteiger partial charge in [-0.25, -0.2) is 4.79 Å². The molecule has 0 unspecified atom stereocenters. The van der Waals surface area contributed by atoms with E-state index in [9.17, 15) is 14.4 Å². The van der Waals surface area contributed by atoms with Crippen molar-refractivity contribution in [1.29, 1.82) is 0 Å². The Morgan fingerprint density at radius 3 is 2.58 bits per heavy atom. The summed E-state index contributed by atoms with van der Waals surface area (Å²) in [5.74, 6) is 0.462. The van der Waals surface area contributed by atoms with E-state index in [4.69, 9.17) is 4.74 Å². The zero-order chi connectivity index (χ0) is 19.1. The van der Waals surface area contributed by atoms with Crippen LogP contribution < -0.4 is 0 Å². The zero-order valence-corrected chi connectivity index (χ0v) is 16.0. The fourth-order valence-corrected chi connectivity index (χ4v) is 4.18. The molecule has 1 aliphatic carbocycles. The van der Waals surface area contributed by atoms with Gasteiger partial charge >= 0.3 is 5.97 Å². The second-order valence-corrected chi connectivity index (χ2v) is 7.70. The van der Waals surface area contributed by atoms with Crippen LogP contribution >= 0.6 is 0 Å². The van der Waals surface area contributed by atoms with Gasteiger partial charge in [-0.1, -0.05) is 39.0 Å². The van der Waals surface area contributed by atoms with Crippen LogP contribution in [-0.2, 0) is 14.3 Å². The Morgan fingerprint density at radius 2 is 1.92 bits per heavy atom. The fraction of sp³-hybridized carbons (Fsp3) is 0.591. The van der Waals surface area contributed by atoms with E-state index in [1.807, 2.05) is 19.9 Å². The summed E-state index contributed by atoms with van der Waals surface area (Å²) in [6.45, 7) is 6.42. The number of carbonyl (C=O) groups is 3. The molecule has 4 heteroatoms. The molecule has 1 aliphatic rings. The number of esters is 1. The van der Waals surface area contributed by atoms with Gasteiger partial charge in [0, 0.05) is 24.2 Å². The maximum atomic E-state index is 13.0. The van der Waals surface area contributed by atoms with Crippen molar-refractivity contribution in [1.82, 2.24) is 0 Å². The molecule has 1 saturated carbocycles. The van der Waals surface area contributed by atoms with Crippen molar-refractivity contribution in [3.63, 3.8) is 0 Å². The lowest BCUT2D eigenvalue weighted by Gasteiger charge is -2.27. The molecule has 1 aromatic carbocycles. The van der Waals surface area contributed by atoms with Crippen LogP contribution in [0, 0.1) is 29.6 Å². The molecule has 0 saturated heterocycles. The largest absolute Gasteiger partial charge is 0.462 e. The van der Waals surface area contributed by atoms with Gasteiger partial charge in [0.2, 0.25) is 0 Å². The Hall–Kier alpha value is -1.97. The molecule has 0 radical (unpaired) electrons. The Morgan fingerprint density at radius 1 is 1.23 bits per heavy atom. The zero-order valence-electron chi connectivity index (χ0n) is 16.0. The molecule has 0 aromatic heterocycles. The minimum absolute atomic E-state index is 0.00497. The maximum Gasteiger partial charge on any atom is 0.338 e. The van der Waals surface area contributed by atoms with Crippen LogP contribution in [0.1, 0.15) is 56.8 Å². The molecule has 2 rings (SSSR count). The van der Waals surface area contributed by atoms with Crippen LogP contribution in [0.15, 0.2) is 30.3 Å². The Kier molecular flexibility index (Phi) is 7.55. The lowest BCUT2D eigenvalue weighted by molar-refractivity contribution is -0.130. The Balaban J connectivity index is 1.97. The van der Waals surface area contributed by atoms with Gasteiger partial charge in [0.05, 0.1) is 12.2 Å². The molecule has 5 atom stereocenters. The standard InChI is InChI=1S/C22H30O4/c1-15-11-12-20(21(24)17(3)19(15)10-7-13-23)16(2)14-26-22(25)18-8-5-4-6-9-18/h4-6,8-9,13,15-17,19-20H,7,10-12,14H2,1-3H3/t15-,16+,17+,19+,20-/m0/s1. The third-order valence-electron chi connectivity index (χ3n) is 5.91. The van der Waals surface area contributed by atoms with E-state index in [1.54, 1.807) is 24.3 Å². The van der Waals surface area contributed by atoms with Crippen LogP contribution in [0.5, 0.6) is 0 Å². The van der Waals surface area contributed by atoms with Gasteiger partial charge in [0.25, 0.3) is 0 Å². The van der Waals surface area contributed by atoms with E-state index in [-0.39, 0.29) is 42.0 Å². The summed E-state index contributed by atoms with van der Waals surface area (Å²) in [5, 5.41) is 0. The summed E-state index contributed by atoms with van der Waals surface area (Å²) in [4.78, 5) is 35.9. The summed E-state index contributed by atoms with van der Waals surface area (Å²) in [6.07, 6.45) is 4.04. The minimum atomic E-state index is -0.344. The van der Waals surface area contributed by atoms with E-state index in [1.165, 1.54) is 0 Å². The molecule has 0 amide bonds. The highest BCUT2D eigenvalue weighted by molar-refractivity contribution is 5.89. The number of ketones is 1. The monoisotopic (exact) mass is 358 g/mol. The SMILES string of the molecule is C[C@H](COC(=O)c1ccccc1)[C@@H]1CC[C@H](C)[C@@H](CCC=O)[C@@H](C)C1=O. The van der Waals surface area contributed by atoms with Gasteiger partial charge in [0.1, 0.15) is 12.1 Å². The first kappa shape index (κ1) is 20.3. The second-order valence-electron chi connectivity index (χ2n) is 7.70. The summed E-state index contributed by atoms with van der Waals surface area (Å²) >= 11 is 0. The van der Waals surface area contributed by atoms with Crippen molar-refractivity contribution in [3.05, 3.63) is 35.9 Å². The molecule has 1 aromatic rings. The van der Waals surface area contributed by atoms with Crippen molar-refractivity contribution >= 4 is 18.0 Å². The van der Waals surface area contributed by atoms with Crippen molar-refractivity contribution in [2.45, 2.75) is 46.5 Å². The fourth-order valence-electron chi connectivity index (χ4n) is 4.18. The maximum absolute atomic E-state index is 13.0. The Bertz CT molecular complexity index is 610. The lowest BCUT2D eigenvalue weighted by Crippen LogP contribution is -2.32. The predicted molar refractivity (Wildman–Crippen MR) is 101 cm³/mol. The number of aldehydes is 1. The lowest BCUT2D eigenvalue weighted by atomic mass is 9.77. The number of Topliss-reactive ketones (excluding diaryl/α,β-unsaturated/α-hetero) is 1. The van der Waals surface area contributed by atoms with Crippen molar-refractivity contribution < 1.29 is 19.1 Å². The molecule has 4 nitrogen and oxygen atoms in total. The predicted octanol–water partition coefficient (Wildman–Crippen LogP) is 4.33. The molecule has 142 valence electrons. The summed E-state index contributed by atoms with van der Waals surface area (Å²) in [7, 11) is 0. The van der Waals surface area contributed by atoms with Crippen molar-refractivity contribution in [2.24, 2.45) is 29.6 Å². The van der Waals surface area contributed by atoms with Gasteiger partial charge < -0.3 is 9.53 Å². The third-order valence-corrected chi connectivity index (χ3v) is 5.91. The number of ether oxygens (including phenoxy) is 1. The molecular weight excluding hydrogens is 328 g/mol. The normalized spacial score (nSPS) is 27.4.